The standard InChI is InChI=1S/C13H17NO3P/c1-4-16-18(3,15)17-12-8-7-11-6-5-9-14(2)13(11)10-12/h5-10H,4H2,1-3H3/q+1. The van der Waals surface area contributed by atoms with Gasteiger partial charge in [-0.3, -0.25) is 0 Å². The molecule has 1 aromatic heterocycles. The normalized spacial score (nSPS) is 14.4. The number of rotatable bonds is 4. The molecule has 0 saturated heterocycles. The molecular formula is C13H17NO3P+. The SMILES string of the molecule is CCOP(C)(=O)Oc1ccc2ccc[n+](C)c2c1. The zero-order chi connectivity index (χ0) is 13.2. The first-order chi connectivity index (χ1) is 8.52. The van der Waals surface area contributed by atoms with Crippen molar-refractivity contribution < 1.29 is 18.2 Å². The van der Waals surface area contributed by atoms with Crippen LogP contribution in [0.5, 0.6) is 5.75 Å². The fourth-order valence-electron chi connectivity index (χ4n) is 1.84. The third-order valence-electron chi connectivity index (χ3n) is 2.60. The molecule has 1 atom stereocenters. The first-order valence-corrected chi connectivity index (χ1v) is 7.81. The Labute approximate surface area is 107 Å². The van der Waals surface area contributed by atoms with Crippen LogP contribution in [0.25, 0.3) is 10.9 Å². The average molecular weight is 266 g/mol. The van der Waals surface area contributed by atoms with Gasteiger partial charge in [-0.05, 0) is 25.1 Å². The maximum absolute atomic E-state index is 12.0. The lowest BCUT2D eigenvalue weighted by Crippen LogP contribution is -2.27. The van der Waals surface area contributed by atoms with Gasteiger partial charge in [-0.25, -0.2) is 9.13 Å². The van der Waals surface area contributed by atoms with E-state index in [2.05, 4.69) is 0 Å². The van der Waals surface area contributed by atoms with Gasteiger partial charge in [-0.15, -0.1) is 0 Å². The topological polar surface area (TPSA) is 39.4 Å². The summed E-state index contributed by atoms with van der Waals surface area (Å²) in [7, 11) is -1.06. The third kappa shape index (κ3) is 2.89. The zero-order valence-corrected chi connectivity index (χ0v) is 11.7. The van der Waals surface area contributed by atoms with E-state index in [9.17, 15) is 4.57 Å². The van der Waals surface area contributed by atoms with Gasteiger partial charge in [-0.1, -0.05) is 0 Å². The Morgan fingerprint density at radius 1 is 1.33 bits per heavy atom. The van der Waals surface area contributed by atoms with Crippen LogP contribution < -0.4 is 9.09 Å². The van der Waals surface area contributed by atoms with E-state index in [0.29, 0.717) is 12.4 Å². The maximum Gasteiger partial charge on any atom is 0.376 e. The van der Waals surface area contributed by atoms with Gasteiger partial charge in [0.1, 0.15) is 12.8 Å². The Kier molecular flexibility index (Phi) is 3.69. The van der Waals surface area contributed by atoms with Crippen LogP contribution in [0.2, 0.25) is 0 Å². The molecule has 0 aliphatic rings. The van der Waals surface area contributed by atoms with E-state index in [-0.39, 0.29) is 0 Å². The number of fused-ring (bicyclic) bond motifs is 1. The minimum atomic E-state index is -3.02. The van der Waals surface area contributed by atoms with Gasteiger partial charge < -0.3 is 9.05 Å². The highest BCUT2D eigenvalue weighted by molar-refractivity contribution is 7.53. The molecule has 0 spiro atoms. The average Bonchev–Trinajstić information content (AvgIpc) is 2.29. The van der Waals surface area contributed by atoms with E-state index in [1.54, 1.807) is 13.0 Å². The Balaban J connectivity index is 2.36. The van der Waals surface area contributed by atoms with Crippen molar-refractivity contribution >= 4 is 18.5 Å². The highest BCUT2D eigenvalue weighted by Gasteiger charge is 2.18. The van der Waals surface area contributed by atoms with E-state index in [1.807, 2.05) is 42.1 Å². The summed E-state index contributed by atoms with van der Waals surface area (Å²) in [5.74, 6) is 0.559. The van der Waals surface area contributed by atoms with E-state index < -0.39 is 7.60 Å². The van der Waals surface area contributed by atoms with E-state index in [4.69, 9.17) is 9.05 Å². The second kappa shape index (κ2) is 5.09. The Bertz CT molecular complexity index is 612. The van der Waals surface area contributed by atoms with Crippen LogP contribution in [0.1, 0.15) is 6.92 Å². The quantitative estimate of drug-likeness (QED) is 0.631. The van der Waals surface area contributed by atoms with Crippen LogP contribution in [-0.4, -0.2) is 13.3 Å². The Hall–Kier alpha value is -1.38. The molecule has 2 aromatic rings. The van der Waals surface area contributed by atoms with Crippen LogP contribution in [0.3, 0.4) is 0 Å². The van der Waals surface area contributed by atoms with Crippen molar-refractivity contribution in [2.45, 2.75) is 6.92 Å². The first-order valence-electron chi connectivity index (χ1n) is 5.82. The number of aryl methyl sites for hydroxylation is 1. The molecule has 4 nitrogen and oxygen atoms in total. The summed E-state index contributed by atoms with van der Waals surface area (Å²) >= 11 is 0. The molecule has 0 aliphatic carbocycles. The Morgan fingerprint density at radius 2 is 2.11 bits per heavy atom. The van der Waals surface area contributed by atoms with Gasteiger partial charge in [-0.2, -0.15) is 0 Å². The lowest BCUT2D eigenvalue weighted by atomic mass is 10.2. The van der Waals surface area contributed by atoms with Crippen molar-refractivity contribution in [3.05, 3.63) is 36.5 Å². The molecule has 96 valence electrons. The molecular weight excluding hydrogens is 249 g/mol. The van der Waals surface area contributed by atoms with Gasteiger partial charge in [0.25, 0.3) is 0 Å². The van der Waals surface area contributed by atoms with Crippen LogP contribution >= 0.6 is 7.60 Å². The number of pyridine rings is 1. The predicted molar refractivity (Wildman–Crippen MR) is 70.9 cm³/mol. The second-order valence-electron chi connectivity index (χ2n) is 4.12. The van der Waals surface area contributed by atoms with E-state index in [0.717, 1.165) is 10.9 Å². The van der Waals surface area contributed by atoms with Crippen molar-refractivity contribution in [1.82, 2.24) is 0 Å². The van der Waals surface area contributed by atoms with Gasteiger partial charge >= 0.3 is 7.60 Å². The smallest absolute Gasteiger partial charge is 0.376 e. The number of hydrogen-bond donors (Lipinski definition) is 0. The van der Waals surface area contributed by atoms with Gasteiger partial charge in [0, 0.05) is 18.1 Å². The molecule has 0 bridgehead atoms. The lowest BCUT2D eigenvalue weighted by molar-refractivity contribution is -0.644. The van der Waals surface area contributed by atoms with Crippen LogP contribution in [0, 0.1) is 0 Å². The summed E-state index contributed by atoms with van der Waals surface area (Å²) in [4.78, 5) is 0. The molecule has 18 heavy (non-hydrogen) atoms. The van der Waals surface area contributed by atoms with Crippen molar-refractivity contribution in [2.24, 2.45) is 7.05 Å². The monoisotopic (exact) mass is 266 g/mol. The summed E-state index contributed by atoms with van der Waals surface area (Å²) in [5.41, 5.74) is 1.02. The molecule has 0 N–H and O–H groups in total. The molecule has 0 radical (unpaired) electrons. The van der Waals surface area contributed by atoms with Crippen molar-refractivity contribution in [3.63, 3.8) is 0 Å². The fraction of sp³-hybridized carbons (Fsp3) is 0.308. The molecule has 0 saturated carbocycles. The molecule has 0 aliphatic heterocycles. The highest BCUT2D eigenvalue weighted by atomic mass is 31.2. The molecule has 5 heteroatoms. The summed E-state index contributed by atoms with van der Waals surface area (Å²) < 4.78 is 24.5. The highest BCUT2D eigenvalue weighted by Crippen LogP contribution is 2.44. The van der Waals surface area contributed by atoms with Gasteiger partial charge in [0.2, 0.25) is 5.52 Å². The molecule has 1 aromatic carbocycles. The zero-order valence-electron chi connectivity index (χ0n) is 10.8. The number of nitrogens with zero attached hydrogens (tertiary/aromatic N) is 1. The number of aromatic nitrogens is 1. The second-order valence-corrected chi connectivity index (χ2v) is 6.10. The molecule has 1 unspecified atom stereocenters. The summed E-state index contributed by atoms with van der Waals surface area (Å²) in [6.45, 7) is 3.64. The molecule has 1 heterocycles. The minimum absolute atomic E-state index is 0.370. The molecule has 2 rings (SSSR count). The van der Waals surface area contributed by atoms with Crippen molar-refractivity contribution in [2.75, 3.05) is 13.3 Å². The Morgan fingerprint density at radius 3 is 2.83 bits per heavy atom. The van der Waals surface area contributed by atoms with Crippen LogP contribution in [0.15, 0.2) is 36.5 Å². The minimum Gasteiger partial charge on any atom is -0.424 e. The molecule has 0 amide bonds. The van der Waals surface area contributed by atoms with Crippen LogP contribution in [-0.2, 0) is 16.1 Å². The van der Waals surface area contributed by atoms with Crippen LogP contribution in [0.4, 0.5) is 0 Å². The van der Waals surface area contributed by atoms with Crippen molar-refractivity contribution in [1.29, 1.82) is 0 Å². The third-order valence-corrected chi connectivity index (χ3v) is 3.87. The van der Waals surface area contributed by atoms with E-state index in [1.165, 1.54) is 6.66 Å². The number of benzene rings is 1. The van der Waals surface area contributed by atoms with Gasteiger partial charge in [0.05, 0.1) is 12.7 Å². The summed E-state index contributed by atoms with van der Waals surface area (Å²) in [6, 6.07) is 9.61. The molecule has 0 fully saturated rings. The summed E-state index contributed by atoms with van der Waals surface area (Å²) in [5, 5.41) is 1.11. The lowest BCUT2D eigenvalue weighted by Gasteiger charge is -2.13. The predicted octanol–water partition coefficient (Wildman–Crippen LogP) is 2.90. The largest absolute Gasteiger partial charge is 0.424 e. The van der Waals surface area contributed by atoms with Crippen molar-refractivity contribution in [3.8, 4) is 5.75 Å². The summed E-state index contributed by atoms with van der Waals surface area (Å²) in [6.07, 6.45) is 1.96. The maximum atomic E-state index is 12.0. The number of hydrogen-bond acceptors (Lipinski definition) is 3. The first kappa shape index (κ1) is 13.1. The van der Waals surface area contributed by atoms with E-state index >= 15 is 0 Å². The van der Waals surface area contributed by atoms with Gasteiger partial charge in [0.15, 0.2) is 6.20 Å². The fourth-order valence-corrected chi connectivity index (χ4v) is 2.85.